The highest BCUT2D eigenvalue weighted by molar-refractivity contribution is 9.10. The second kappa shape index (κ2) is 13.3. The third-order valence-electron chi connectivity index (χ3n) is 6.67. The molecule has 0 radical (unpaired) electrons. The van der Waals surface area contributed by atoms with Crippen molar-refractivity contribution in [3.8, 4) is 0 Å². The zero-order valence-electron chi connectivity index (χ0n) is 22.1. The lowest BCUT2D eigenvalue weighted by atomic mass is 10.1. The molecule has 41 heavy (non-hydrogen) atoms. The van der Waals surface area contributed by atoms with Crippen LogP contribution in [0.3, 0.4) is 0 Å². The summed E-state index contributed by atoms with van der Waals surface area (Å²) in [4.78, 5) is 35.0. The van der Waals surface area contributed by atoms with Crippen LogP contribution in [0.4, 0.5) is 15.9 Å². The highest BCUT2D eigenvalue weighted by atomic mass is 79.9. The molecule has 1 saturated heterocycles. The normalized spacial score (nSPS) is 13.8. The molecule has 0 spiro atoms. The third-order valence-corrected chi connectivity index (χ3v) is 7.16. The van der Waals surface area contributed by atoms with Crippen LogP contribution in [0.25, 0.3) is 0 Å². The molecule has 1 aliphatic rings. The first kappa shape index (κ1) is 28.1. The van der Waals surface area contributed by atoms with Crippen molar-refractivity contribution in [2.75, 3.05) is 36.4 Å². The van der Waals surface area contributed by atoms with E-state index in [0.29, 0.717) is 21.3 Å². The number of nitrogens with zero attached hydrogens (tertiary/aromatic N) is 4. The van der Waals surface area contributed by atoms with E-state index in [9.17, 15) is 14.0 Å². The Morgan fingerprint density at radius 1 is 0.927 bits per heavy atom. The molecule has 1 aliphatic heterocycles. The molecule has 2 N–H and O–H groups in total. The van der Waals surface area contributed by atoms with Crippen molar-refractivity contribution in [2.45, 2.75) is 6.54 Å². The highest BCUT2D eigenvalue weighted by Gasteiger charge is 2.19. The maximum Gasteiger partial charge on any atom is 0.273 e. The zero-order valence-corrected chi connectivity index (χ0v) is 23.7. The number of amides is 2. The lowest BCUT2D eigenvalue weighted by molar-refractivity contribution is 0.0956. The van der Waals surface area contributed by atoms with Gasteiger partial charge in [-0.25, -0.2) is 14.8 Å². The molecule has 8 nitrogen and oxygen atoms in total. The molecule has 2 heterocycles. The van der Waals surface area contributed by atoms with Crippen LogP contribution >= 0.6 is 15.9 Å². The van der Waals surface area contributed by atoms with Crippen LogP contribution in [-0.4, -0.2) is 54.1 Å². The molecule has 1 fully saturated rings. The van der Waals surface area contributed by atoms with Crippen LogP contribution < -0.4 is 15.6 Å². The number of hydrogen-bond donors (Lipinski definition) is 2. The van der Waals surface area contributed by atoms with Gasteiger partial charge in [0, 0.05) is 49.0 Å². The van der Waals surface area contributed by atoms with Crippen molar-refractivity contribution in [1.29, 1.82) is 0 Å². The van der Waals surface area contributed by atoms with E-state index in [0.717, 1.165) is 44.1 Å². The number of anilines is 2. The lowest BCUT2D eigenvalue weighted by Gasteiger charge is -2.35. The number of hydrazone groups is 1. The second-order valence-corrected chi connectivity index (χ2v) is 10.5. The third kappa shape index (κ3) is 7.62. The SMILES string of the molecule is O=C(Nc1ccc(Br)cc1C(=O)N/N=C/c1cccc(F)c1)c1ccc(CN2CCN(c3ccccn3)CC2)cc1. The van der Waals surface area contributed by atoms with E-state index in [1.807, 2.05) is 36.5 Å². The predicted molar refractivity (Wildman–Crippen MR) is 162 cm³/mol. The Kier molecular flexibility index (Phi) is 9.12. The summed E-state index contributed by atoms with van der Waals surface area (Å²) in [6.45, 7) is 4.48. The average Bonchev–Trinajstić information content (AvgIpc) is 2.99. The van der Waals surface area contributed by atoms with E-state index in [1.54, 1.807) is 42.5 Å². The minimum absolute atomic E-state index is 0.227. The molecule has 2 amide bonds. The van der Waals surface area contributed by atoms with Gasteiger partial charge in [-0.3, -0.25) is 14.5 Å². The number of benzene rings is 3. The van der Waals surface area contributed by atoms with Crippen LogP contribution in [-0.2, 0) is 6.54 Å². The van der Waals surface area contributed by atoms with Crippen LogP contribution in [0.15, 0.2) is 101 Å². The first-order valence-corrected chi connectivity index (χ1v) is 13.9. The Hall–Kier alpha value is -4.41. The largest absolute Gasteiger partial charge is 0.354 e. The maximum atomic E-state index is 13.4. The molecule has 0 aliphatic carbocycles. The summed E-state index contributed by atoms with van der Waals surface area (Å²) < 4.78 is 14.0. The fourth-order valence-corrected chi connectivity index (χ4v) is 4.88. The maximum absolute atomic E-state index is 13.4. The van der Waals surface area contributed by atoms with Crippen molar-refractivity contribution in [3.05, 3.63) is 124 Å². The Balaban J connectivity index is 1.17. The van der Waals surface area contributed by atoms with Gasteiger partial charge in [0.25, 0.3) is 11.8 Å². The van der Waals surface area contributed by atoms with E-state index in [4.69, 9.17) is 0 Å². The summed E-state index contributed by atoms with van der Waals surface area (Å²) in [5.74, 6) is -0.247. The summed E-state index contributed by atoms with van der Waals surface area (Å²) >= 11 is 3.37. The number of hydrogen-bond acceptors (Lipinski definition) is 6. The number of aromatic nitrogens is 1. The molecule has 0 atom stereocenters. The van der Waals surface area contributed by atoms with Gasteiger partial charge >= 0.3 is 0 Å². The Morgan fingerprint density at radius 2 is 1.73 bits per heavy atom. The molecule has 3 aromatic carbocycles. The van der Waals surface area contributed by atoms with E-state index >= 15 is 0 Å². The first-order chi connectivity index (χ1) is 19.9. The monoisotopic (exact) mass is 614 g/mol. The molecule has 10 heteroatoms. The quantitative estimate of drug-likeness (QED) is 0.207. The van der Waals surface area contributed by atoms with Gasteiger partial charge in [0.1, 0.15) is 11.6 Å². The average molecular weight is 616 g/mol. The molecule has 0 bridgehead atoms. The first-order valence-electron chi connectivity index (χ1n) is 13.1. The molecular formula is C31H28BrFN6O2. The van der Waals surface area contributed by atoms with Crippen LogP contribution in [0.5, 0.6) is 0 Å². The van der Waals surface area contributed by atoms with Crippen molar-refractivity contribution >= 4 is 45.5 Å². The summed E-state index contributed by atoms with van der Waals surface area (Å²) in [5.41, 5.74) is 5.10. The number of carbonyl (C=O) groups excluding carboxylic acids is 2. The minimum atomic E-state index is -0.521. The zero-order chi connectivity index (χ0) is 28.6. The van der Waals surface area contributed by atoms with E-state index < -0.39 is 11.7 Å². The fourth-order valence-electron chi connectivity index (χ4n) is 4.52. The van der Waals surface area contributed by atoms with Gasteiger partial charge in [-0.05, 0) is 65.7 Å². The van der Waals surface area contributed by atoms with Crippen molar-refractivity contribution < 1.29 is 14.0 Å². The number of nitrogens with one attached hydrogen (secondary N) is 2. The van der Waals surface area contributed by atoms with Crippen molar-refractivity contribution in [3.63, 3.8) is 0 Å². The fraction of sp³-hybridized carbons (Fsp3) is 0.161. The summed E-state index contributed by atoms with van der Waals surface area (Å²) in [5, 5.41) is 6.74. The number of rotatable bonds is 8. The molecule has 0 saturated carbocycles. The van der Waals surface area contributed by atoms with E-state index in [1.165, 1.54) is 18.3 Å². The Bertz CT molecular complexity index is 1540. The Labute approximate surface area is 246 Å². The van der Waals surface area contributed by atoms with Crippen molar-refractivity contribution in [2.24, 2.45) is 5.10 Å². The summed E-state index contributed by atoms with van der Waals surface area (Å²) in [7, 11) is 0. The topological polar surface area (TPSA) is 89.9 Å². The highest BCUT2D eigenvalue weighted by Crippen LogP contribution is 2.22. The van der Waals surface area contributed by atoms with Gasteiger partial charge in [-0.15, -0.1) is 0 Å². The van der Waals surface area contributed by atoms with Gasteiger partial charge in [0.15, 0.2) is 0 Å². The molecular weight excluding hydrogens is 587 g/mol. The van der Waals surface area contributed by atoms with Gasteiger partial charge < -0.3 is 10.2 Å². The molecule has 1 aromatic heterocycles. The number of halogens is 2. The molecule has 208 valence electrons. The standard InChI is InChI=1S/C31H28BrFN6O2/c32-25-11-12-28(27(19-25)31(41)37-35-20-23-4-3-5-26(33)18-23)36-30(40)24-9-7-22(8-10-24)21-38-14-16-39(17-15-38)29-6-1-2-13-34-29/h1-13,18-20H,14-17,21H2,(H,36,40)(H,37,41)/b35-20+. The summed E-state index contributed by atoms with van der Waals surface area (Å²) in [6.07, 6.45) is 3.16. The predicted octanol–water partition coefficient (Wildman–Crippen LogP) is 5.32. The minimum Gasteiger partial charge on any atom is -0.354 e. The van der Waals surface area contributed by atoms with Gasteiger partial charge in [0.05, 0.1) is 17.5 Å². The van der Waals surface area contributed by atoms with Crippen molar-refractivity contribution in [1.82, 2.24) is 15.3 Å². The van der Waals surface area contributed by atoms with E-state index in [-0.39, 0.29) is 11.5 Å². The van der Waals surface area contributed by atoms with Gasteiger partial charge in [0.2, 0.25) is 0 Å². The molecule has 4 aromatic rings. The number of carbonyl (C=O) groups is 2. The number of pyridine rings is 1. The van der Waals surface area contributed by atoms with Gasteiger partial charge in [-0.2, -0.15) is 5.10 Å². The lowest BCUT2D eigenvalue weighted by Crippen LogP contribution is -2.46. The Morgan fingerprint density at radius 3 is 2.46 bits per heavy atom. The molecule has 0 unspecified atom stereocenters. The number of piperazine rings is 1. The van der Waals surface area contributed by atoms with Crippen LogP contribution in [0.2, 0.25) is 0 Å². The second-order valence-electron chi connectivity index (χ2n) is 9.55. The summed E-state index contributed by atoms with van der Waals surface area (Å²) in [6, 6.07) is 24.3. The van der Waals surface area contributed by atoms with Gasteiger partial charge in [-0.1, -0.05) is 46.3 Å². The van der Waals surface area contributed by atoms with Crippen LogP contribution in [0, 0.1) is 5.82 Å². The smallest absolute Gasteiger partial charge is 0.273 e. The van der Waals surface area contributed by atoms with Crippen LogP contribution in [0.1, 0.15) is 31.8 Å². The van der Waals surface area contributed by atoms with E-state index in [2.05, 4.69) is 46.6 Å². The molecule has 5 rings (SSSR count).